The van der Waals surface area contributed by atoms with Crippen LogP contribution in [0.2, 0.25) is 0 Å². The van der Waals surface area contributed by atoms with Crippen molar-refractivity contribution in [1.82, 2.24) is 4.90 Å². The van der Waals surface area contributed by atoms with E-state index in [2.05, 4.69) is 25.7 Å². The largest absolute Gasteiger partial charge is 0.377 e. The van der Waals surface area contributed by atoms with Gasteiger partial charge in [0.2, 0.25) is 0 Å². The summed E-state index contributed by atoms with van der Waals surface area (Å²) >= 11 is 0. The van der Waals surface area contributed by atoms with Gasteiger partial charge in [-0.05, 0) is 39.5 Å². The van der Waals surface area contributed by atoms with E-state index in [0.717, 1.165) is 39.3 Å². The fourth-order valence-electron chi connectivity index (χ4n) is 2.81. The molecule has 0 spiro atoms. The average molecular weight is 257 g/mol. The van der Waals surface area contributed by atoms with E-state index in [4.69, 9.17) is 9.47 Å². The van der Waals surface area contributed by atoms with E-state index >= 15 is 0 Å². The van der Waals surface area contributed by atoms with Crippen LogP contribution in [0.4, 0.5) is 0 Å². The first-order chi connectivity index (χ1) is 8.79. The van der Waals surface area contributed by atoms with Gasteiger partial charge in [-0.3, -0.25) is 4.90 Å². The standard InChI is InChI=1S/C15H31NO2/c1-4-7-11-15(18-6-3,14-17-5-2)16-12-9-8-10-13-16/h4-14H2,1-3H3. The number of nitrogens with zero attached hydrogens (tertiary/aromatic N) is 1. The summed E-state index contributed by atoms with van der Waals surface area (Å²) in [6.45, 7) is 11.0. The van der Waals surface area contributed by atoms with Gasteiger partial charge in [0.25, 0.3) is 0 Å². The molecular formula is C15H31NO2. The van der Waals surface area contributed by atoms with Gasteiger partial charge >= 0.3 is 0 Å². The molecular weight excluding hydrogens is 226 g/mol. The van der Waals surface area contributed by atoms with Crippen molar-refractivity contribution >= 4 is 0 Å². The number of unbranched alkanes of at least 4 members (excludes halogenated alkanes) is 1. The summed E-state index contributed by atoms with van der Waals surface area (Å²) in [7, 11) is 0. The molecule has 0 aromatic heterocycles. The molecule has 0 N–H and O–H groups in total. The molecule has 1 saturated heterocycles. The number of piperidine rings is 1. The summed E-state index contributed by atoms with van der Waals surface area (Å²) in [5.74, 6) is 0. The minimum absolute atomic E-state index is 0.165. The zero-order chi connectivity index (χ0) is 13.3. The van der Waals surface area contributed by atoms with Crippen LogP contribution in [0.15, 0.2) is 0 Å². The molecule has 1 rings (SSSR count). The molecule has 108 valence electrons. The second-order valence-electron chi connectivity index (χ2n) is 5.17. The van der Waals surface area contributed by atoms with Crippen LogP contribution < -0.4 is 0 Å². The smallest absolute Gasteiger partial charge is 0.145 e. The van der Waals surface area contributed by atoms with Crippen LogP contribution in [0, 0.1) is 0 Å². The maximum atomic E-state index is 6.17. The predicted octanol–water partition coefficient (Wildman–Crippen LogP) is 3.43. The summed E-state index contributed by atoms with van der Waals surface area (Å²) in [4.78, 5) is 2.53. The van der Waals surface area contributed by atoms with Crippen LogP contribution in [0.1, 0.15) is 59.3 Å². The number of likely N-dealkylation sites (tertiary alicyclic amines) is 1. The van der Waals surface area contributed by atoms with Crippen molar-refractivity contribution in [2.45, 2.75) is 65.0 Å². The third-order valence-electron chi connectivity index (χ3n) is 3.80. The summed E-state index contributed by atoms with van der Waals surface area (Å²) in [5.41, 5.74) is -0.165. The Balaban J connectivity index is 2.71. The van der Waals surface area contributed by atoms with Gasteiger partial charge in [-0.2, -0.15) is 0 Å². The highest BCUT2D eigenvalue weighted by Crippen LogP contribution is 2.28. The Hall–Kier alpha value is -0.120. The summed E-state index contributed by atoms with van der Waals surface area (Å²) in [6.07, 6.45) is 7.48. The Labute approximate surface area is 113 Å². The van der Waals surface area contributed by atoms with Gasteiger partial charge in [0.15, 0.2) is 0 Å². The van der Waals surface area contributed by atoms with Crippen molar-refractivity contribution < 1.29 is 9.47 Å². The third-order valence-corrected chi connectivity index (χ3v) is 3.80. The van der Waals surface area contributed by atoms with E-state index in [0.29, 0.717) is 0 Å². The molecule has 1 heterocycles. The van der Waals surface area contributed by atoms with Crippen LogP contribution >= 0.6 is 0 Å². The van der Waals surface area contributed by atoms with Crippen molar-refractivity contribution in [1.29, 1.82) is 0 Å². The van der Waals surface area contributed by atoms with Crippen molar-refractivity contribution in [2.75, 3.05) is 32.9 Å². The van der Waals surface area contributed by atoms with Gasteiger partial charge in [0.1, 0.15) is 5.72 Å². The lowest BCUT2D eigenvalue weighted by Gasteiger charge is -2.45. The van der Waals surface area contributed by atoms with E-state index in [1.165, 1.54) is 32.1 Å². The lowest BCUT2D eigenvalue weighted by molar-refractivity contribution is -0.196. The maximum Gasteiger partial charge on any atom is 0.145 e. The molecule has 1 atom stereocenters. The van der Waals surface area contributed by atoms with Crippen molar-refractivity contribution in [3.63, 3.8) is 0 Å². The Morgan fingerprint density at radius 2 is 1.72 bits per heavy atom. The quantitative estimate of drug-likeness (QED) is 0.631. The first kappa shape index (κ1) is 15.9. The van der Waals surface area contributed by atoms with E-state index < -0.39 is 0 Å². The molecule has 1 fully saturated rings. The SMILES string of the molecule is CCCCC(COCC)(OCC)N1CCCCC1. The van der Waals surface area contributed by atoms with E-state index in [1.54, 1.807) is 0 Å². The highest BCUT2D eigenvalue weighted by Gasteiger charge is 2.37. The van der Waals surface area contributed by atoms with Gasteiger partial charge in [-0.25, -0.2) is 0 Å². The summed E-state index contributed by atoms with van der Waals surface area (Å²) in [5, 5.41) is 0. The van der Waals surface area contributed by atoms with Crippen molar-refractivity contribution in [3.8, 4) is 0 Å². The predicted molar refractivity (Wildman–Crippen MR) is 75.8 cm³/mol. The molecule has 0 radical (unpaired) electrons. The highest BCUT2D eigenvalue weighted by molar-refractivity contribution is 4.84. The second-order valence-corrected chi connectivity index (χ2v) is 5.17. The molecule has 0 aromatic carbocycles. The molecule has 0 amide bonds. The summed E-state index contributed by atoms with van der Waals surface area (Å²) < 4.78 is 11.9. The minimum atomic E-state index is -0.165. The maximum absolute atomic E-state index is 6.17. The van der Waals surface area contributed by atoms with E-state index in [-0.39, 0.29) is 5.72 Å². The molecule has 1 aliphatic heterocycles. The van der Waals surface area contributed by atoms with Gasteiger partial charge < -0.3 is 9.47 Å². The summed E-state index contributed by atoms with van der Waals surface area (Å²) in [6, 6.07) is 0. The van der Waals surface area contributed by atoms with Crippen LogP contribution in [0.25, 0.3) is 0 Å². The third kappa shape index (κ3) is 4.52. The monoisotopic (exact) mass is 257 g/mol. The number of rotatable bonds is 9. The zero-order valence-corrected chi connectivity index (χ0v) is 12.5. The number of hydrogen-bond donors (Lipinski definition) is 0. The first-order valence-corrected chi connectivity index (χ1v) is 7.75. The van der Waals surface area contributed by atoms with Crippen LogP contribution in [0.5, 0.6) is 0 Å². The fourth-order valence-corrected chi connectivity index (χ4v) is 2.81. The molecule has 1 aliphatic rings. The topological polar surface area (TPSA) is 21.7 Å². The molecule has 0 bridgehead atoms. The minimum Gasteiger partial charge on any atom is -0.377 e. The van der Waals surface area contributed by atoms with Crippen molar-refractivity contribution in [3.05, 3.63) is 0 Å². The normalized spacial score (nSPS) is 20.8. The second kappa shape index (κ2) is 8.89. The van der Waals surface area contributed by atoms with Crippen LogP contribution in [-0.4, -0.2) is 43.5 Å². The van der Waals surface area contributed by atoms with Crippen LogP contribution in [0.3, 0.4) is 0 Å². The molecule has 0 aromatic rings. The molecule has 1 unspecified atom stereocenters. The Morgan fingerprint density at radius 3 is 2.28 bits per heavy atom. The van der Waals surface area contributed by atoms with Crippen molar-refractivity contribution in [2.24, 2.45) is 0 Å². The molecule has 0 aliphatic carbocycles. The van der Waals surface area contributed by atoms with Crippen LogP contribution in [-0.2, 0) is 9.47 Å². The molecule has 0 saturated carbocycles. The fraction of sp³-hybridized carbons (Fsp3) is 1.00. The Bertz CT molecular complexity index is 195. The van der Waals surface area contributed by atoms with Gasteiger partial charge in [-0.15, -0.1) is 0 Å². The first-order valence-electron chi connectivity index (χ1n) is 7.75. The van der Waals surface area contributed by atoms with E-state index in [1.807, 2.05) is 0 Å². The molecule has 3 heteroatoms. The average Bonchev–Trinajstić information content (AvgIpc) is 2.43. The lowest BCUT2D eigenvalue weighted by atomic mass is 10.0. The molecule has 3 nitrogen and oxygen atoms in total. The highest BCUT2D eigenvalue weighted by atomic mass is 16.6. The Morgan fingerprint density at radius 1 is 1.00 bits per heavy atom. The lowest BCUT2D eigenvalue weighted by Crippen LogP contribution is -2.56. The van der Waals surface area contributed by atoms with Gasteiger partial charge in [0.05, 0.1) is 6.61 Å². The Kier molecular flexibility index (Phi) is 7.87. The molecule has 18 heavy (non-hydrogen) atoms. The van der Waals surface area contributed by atoms with Gasteiger partial charge in [-0.1, -0.05) is 19.8 Å². The van der Waals surface area contributed by atoms with E-state index in [9.17, 15) is 0 Å². The van der Waals surface area contributed by atoms with Gasteiger partial charge in [0, 0.05) is 26.3 Å². The zero-order valence-electron chi connectivity index (χ0n) is 12.5. The number of ether oxygens (including phenoxy) is 2. The number of hydrogen-bond acceptors (Lipinski definition) is 3.